The molecule has 0 atom stereocenters. The summed E-state index contributed by atoms with van der Waals surface area (Å²) in [6.07, 6.45) is 0. The van der Waals surface area contributed by atoms with E-state index in [4.69, 9.17) is 0 Å². The third-order valence-electron chi connectivity index (χ3n) is 7.30. The van der Waals surface area contributed by atoms with Crippen LogP contribution in [0.5, 0.6) is 0 Å². The predicted molar refractivity (Wildman–Crippen MR) is 177 cm³/mol. The topological polar surface area (TPSA) is 9.86 Å². The molecule has 40 heavy (non-hydrogen) atoms. The van der Waals surface area contributed by atoms with Crippen LogP contribution in [0, 0.1) is 0 Å². The highest BCUT2D eigenvalue weighted by Crippen LogP contribution is 2.34. The van der Waals surface area contributed by atoms with Crippen molar-refractivity contribution in [3.8, 4) is 11.4 Å². The number of hydrogen-bond donors (Lipinski definition) is 0. The highest BCUT2D eigenvalue weighted by molar-refractivity contribution is 9.10. The number of halogens is 2. The molecule has 2 nitrogen and oxygen atoms in total. The zero-order chi connectivity index (χ0) is 27.1. The normalized spacial score (nSPS) is 11.2. The monoisotopic (exact) mass is 642 g/mol. The smallest absolute Gasteiger partial charge is 0.0541 e. The Hall–Kier alpha value is -4.12. The fraction of sp³-hybridized carbons (Fsp3) is 0. The van der Waals surface area contributed by atoms with E-state index in [1.54, 1.807) is 0 Å². The predicted octanol–water partition coefficient (Wildman–Crippen LogP) is 11.1. The molecule has 192 valence electrons. The molecule has 6 aromatic carbocycles. The third-order valence-corrected chi connectivity index (χ3v) is 8.28. The molecular weight excluding hydrogens is 620 g/mol. The molecule has 0 amide bonds. The van der Waals surface area contributed by atoms with E-state index in [-0.39, 0.29) is 0 Å². The van der Waals surface area contributed by atoms with Gasteiger partial charge in [-0.05, 0) is 72.8 Å². The Morgan fingerprint density at radius 3 is 1.10 bits per heavy atom. The lowest BCUT2D eigenvalue weighted by molar-refractivity contribution is 1.18. The van der Waals surface area contributed by atoms with Gasteiger partial charge in [-0.15, -0.1) is 0 Å². The Balaban J connectivity index is 0.000000132. The van der Waals surface area contributed by atoms with Gasteiger partial charge in [0.05, 0.1) is 22.1 Å². The number of hydrogen-bond acceptors (Lipinski definition) is 0. The van der Waals surface area contributed by atoms with E-state index >= 15 is 0 Å². The Bertz CT molecular complexity index is 1970. The molecule has 0 saturated heterocycles. The van der Waals surface area contributed by atoms with Crippen LogP contribution in [0.4, 0.5) is 0 Å². The average Bonchev–Trinajstić information content (AvgIpc) is 3.51. The summed E-state index contributed by atoms with van der Waals surface area (Å²) < 4.78 is 6.86. The molecular formula is C36H24Br2N2. The molecule has 0 aliphatic heterocycles. The summed E-state index contributed by atoms with van der Waals surface area (Å²) in [5, 5.41) is 5.12. The highest BCUT2D eigenvalue weighted by Gasteiger charge is 2.12. The van der Waals surface area contributed by atoms with Crippen LogP contribution in [0.15, 0.2) is 155 Å². The van der Waals surface area contributed by atoms with E-state index < -0.39 is 0 Å². The molecule has 0 aliphatic carbocycles. The second-order valence-electron chi connectivity index (χ2n) is 9.70. The number of aromatic nitrogens is 2. The van der Waals surface area contributed by atoms with Gasteiger partial charge in [0.2, 0.25) is 0 Å². The van der Waals surface area contributed by atoms with E-state index in [9.17, 15) is 0 Å². The maximum Gasteiger partial charge on any atom is 0.0541 e. The molecule has 0 aliphatic rings. The summed E-state index contributed by atoms with van der Waals surface area (Å²) >= 11 is 7.15. The van der Waals surface area contributed by atoms with Crippen molar-refractivity contribution in [1.82, 2.24) is 9.13 Å². The fourth-order valence-corrected chi connectivity index (χ4v) is 6.32. The Morgan fingerprint density at radius 1 is 0.325 bits per heavy atom. The standard InChI is InChI=1S/2C18H12BrN/c2*19-13-10-11-18-16(12-13)15-8-4-5-9-17(15)20(18)14-6-2-1-3-7-14/h2*1-12H. The first-order chi connectivity index (χ1) is 19.7. The number of para-hydroxylation sites is 4. The minimum Gasteiger partial charge on any atom is -0.309 e. The van der Waals surface area contributed by atoms with Crippen LogP contribution in [-0.4, -0.2) is 9.13 Å². The van der Waals surface area contributed by atoms with Gasteiger partial charge in [-0.1, -0.05) is 105 Å². The molecule has 0 N–H and O–H groups in total. The third kappa shape index (κ3) is 4.34. The molecule has 0 radical (unpaired) electrons. The van der Waals surface area contributed by atoms with Crippen LogP contribution >= 0.6 is 31.9 Å². The lowest BCUT2D eigenvalue weighted by Crippen LogP contribution is -1.92. The number of rotatable bonds is 2. The molecule has 8 aromatic rings. The van der Waals surface area contributed by atoms with Gasteiger partial charge in [0.15, 0.2) is 0 Å². The molecule has 2 heterocycles. The molecule has 0 saturated carbocycles. The van der Waals surface area contributed by atoms with Crippen molar-refractivity contribution in [3.63, 3.8) is 0 Å². The molecule has 0 unspecified atom stereocenters. The quantitative estimate of drug-likeness (QED) is 0.177. The van der Waals surface area contributed by atoms with Crippen LogP contribution in [-0.2, 0) is 0 Å². The van der Waals surface area contributed by atoms with Crippen LogP contribution in [0.25, 0.3) is 55.0 Å². The summed E-state index contributed by atoms with van der Waals surface area (Å²) in [6.45, 7) is 0. The first kappa shape index (κ1) is 24.9. The van der Waals surface area contributed by atoms with E-state index in [1.165, 1.54) is 55.0 Å². The van der Waals surface area contributed by atoms with Crippen LogP contribution in [0.2, 0.25) is 0 Å². The first-order valence-corrected chi connectivity index (χ1v) is 14.8. The summed E-state index contributed by atoms with van der Waals surface area (Å²) in [5.41, 5.74) is 7.35. The van der Waals surface area contributed by atoms with Gasteiger partial charge in [0.25, 0.3) is 0 Å². The average molecular weight is 644 g/mol. The molecule has 0 fully saturated rings. The van der Waals surface area contributed by atoms with Gasteiger partial charge < -0.3 is 9.13 Å². The molecule has 4 heteroatoms. The Labute approximate surface area is 249 Å². The lowest BCUT2D eigenvalue weighted by Gasteiger charge is -2.07. The van der Waals surface area contributed by atoms with E-state index in [0.717, 1.165) is 8.95 Å². The van der Waals surface area contributed by atoms with Gasteiger partial charge in [-0.2, -0.15) is 0 Å². The van der Waals surface area contributed by atoms with Crippen molar-refractivity contribution in [2.75, 3.05) is 0 Å². The number of fused-ring (bicyclic) bond motifs is 6. The van der Waals surface area contributed by atoms with Crippen molar-refractivity contribution in [3.05, 3.63) is 155 Å². The number of benzene rings is 6. The second kappa shape index (κ2) is 10.5. The van der Waals surface area contributed by atoms with Crippen LogP contribution in [0.3, 0.4) is 0 Å². The lowest BCUT2D eigenvalue weighted by atomic mass is 10.2. The summed E-state index contributed by atoms with van der Waals surface area (Å²) in [5.74, 6) is 0. The van der Waals surface area contributed by atoms with Gasteiger partial charge >= 0.3 is 0 Å². The Kier molecular flexibility index (Phi) is 6.51. The molecule has 0 spiro atoms. The maximum atomic E-state index is 3.57. The molecule has 2 aromatic heterocycles. The summed E-state index contributed by atoms with van der Waals surface area (Å²) in [6, 6.07) is 51.0. The minimum atomic E-state index is 1.11. The minimum absolute atomic E-state index is 1.11. The zero-order valence-electron chi connectivity index (χ0n) is 21.5. The molecule has 0 bridgehead atoms. The Morgan fingerprint density at radius 2 is 0.675 bits per heavy atom. The summed E-state index contributed by atoms with van der Waals surface area (Å²) in [7, 11) is 0. The van der Waals surface area contributed by atoms with Crippen molar-refractivity contribution in [2.24, 2.45) is 0 Å². The maximum absolute atomic E-state index is 3.57. The summed E-state index contributed by atoms with van der Waals surface area (Å²) in [4.78, 5) is 0. The van der Waals surface area contributed by atoms with E-state index in [2.05, 4.69) is 174 Å². The molecule has 8 rings (SSSR count). The van der Waals surface area contributed by atoms with E-state index in [1.807, 2.05) is 12.1 Å². The van der Waals surface area contributed by atoms with Crippen LogP contribution < -0.4 is 0 Å². The largest absolute Gasteiger partial charge is 0.309 e. The fourth-order valence-electron chi connectivity index (χ4n) is 5.60. The van der Waals surface area contributed by atoms with Gasteiger partial charge in [0.1, 0.15) is 0 Å². The van der Waals surface area contributed by atoms with Gasteiger partial charge in [0, 0.05) is 41.9 Å². The van der Waals surface area contributed by atoms with Gasteiger partial charge in [-0.3, -0.25) is 0 Å². The highest BCUT2D eigenvalue weighted by atomic mass is 79.9. The van der Waals surface area contributed by atoms with Crippen molar-refractivity contribution in [1.29, 1.82) is 0 Å². The van der Waals surface area contributed by atoms with Crippen molar-refractivity contribution < 1.29 is 0 Å². The SMILES string of the molecule is Brc1ccc2c(c1)c1ccccc1n2-c1ccccc1.Brc1ccc2c(c1)c1ccccc1n2-c1ccccc1. The van der Waals surface area contributed by atoms with Crippen molar-refractivity contribution in [2.45, 2.75) is 0 Å². The number of nitrogens with zero attached hydrogens (tertiary/aromatic N) is 2. The zero-order valence-corrected chi connectivity index (χ0v) is 24.7. The second-order valence-corrected chi connectivity index (χ2v) is 11.5. The van der Waals surface area contributed by atoms with Crippen molar-refractivity contribution >= 4 is 75.5 Å². The van der Waals surface area contributed by atoms with Crippen LogP contribution in [0.1, 0.15) is 0 Å². The van der Waals surface area contributed by atoms with Gasteiger partial charge in [-0.25, -0.2) is 0 Å². The van der Waals surface area contributed by atoms with E-state index in [0.29, 0.717) is 0 Å². The first-order valence-electron chi connectivity index (χ1n) is 13.2.